The van der Waals surface area contributed by atoms with Gasteiger partial charge in [0.05, 0.1) is 27.5 Å². The molecule has 0 atom stereocenters. The van der Waals surface area contributed by atoms with E-state index in [9.17, 15) is 0 Å². The van der Waals surface area contributed by atoms with Crippen LogP contribution in [0.2, 0.25) is 39.3 Å². The first-order chi connectivity index (χ1) is 15.6. The first kappa shape index (κ1) is 23.5. The monoisotopic (exact) mass is 480 g/mol. The van der Waals surface area contributed by atoms with Crippen LogP contribution in [0.1, 0.15) is 0 Å². The van der Waals surface area contributed by atoms with E-state index in [0.29, 0.717) is 9.52 Å². The van der Waals surface area contributed by atoms with Gasteiger partial charge in [-0.05, 0) is 33.6 Å². The topological polar surface area (TPSA) is 25.8 Å². The number of hydrogen-bond donors (Lipinski definition) is 0. The molecule has 0 aliphatic carbocycles. The molecule has 0 aliphatic heterocycles. The molecule has 0 unspecified atom stereocenters. The standard InChI is InChI=1S/C28H32N2Si3/c1-32(2,3)25-13-15-27(29-19-25)21-9-7-11-23(17-21)31-24-12-8-10-22(18-24)28-16-14-26(20-30-28)33(4,5)6/h7-20H,1-6H3. The van der Waals surface area contributed by atoms with Crippen LogP contribution in [0.25, 0.3) is 22.5 Å². The van der Waals surface area contributed by atoms with Crippen molar-refractivity contribution in [2.45, 2.75) is 39.3 Å². The molecule has 2 nitrogen and oxygen atoms in total. The largest absolute Gasteiger partial charge is 0.256 e. The van der Waals surface area contributed by atoms with Gasteiger partial charge in [-0.15, -0.1) is 0 Å². The third kappa shape index (κ3) is 5.85. The van der Waals surface area contributed by atoms with E-state index >= 15 is 0 Å². The first-order valence-corrected chi connectivity index (χ1v) is 19.5. The smallest absolute Gasteiger partial charge is 0.121 e. The summed E-state index contributed by atoms with van der Waals surface area (Å²) in [6.45, 7) is 14.1. The molecule has 0 saturated heterocycles. The Kier molecular flexibility index (Phi) is 6.66. The van der Waals surface area contributed by atoms with Crippen molar-refractivity contribution in [3.8, 4) is 22.5 Å². The molecule has 2 aromatic heterocycles. The normalized spacial score (nSPS) is 12.1. The van der Waals surface area contributed by atoms with E-state index in [-0.39, 0.29) is 0 Å². The fraction of sp³-hybridized carbons (Fsp3) is 0.214. The second-order valence-electron chi connectivity index (χ2n) is 10.7. The molecular formula is C28H32N2Si3. The van der Waals surface area contributed by atoms with Crippen LogP contribution in [-0.2, 0) is 0 Å². The Morgan fingerprint density at radius 2 is 0.970 bits per heavy atom. The number of rotatable bonds is 6. The molecule has 0 amide bonds. The molecule has 2 heterocycles. The summed E-state index contributed by atoms with van der Waals surface area (Å²) in [5, 5.41) is 5.44. The van der Waals surface area contributed by atoms with Crippen LogP contribution in [-0.4, -0.2) is 35.6 Å². The molecule has 2 aromatic carbocycles. The summed E-state index contributed by atoms with van der Waals surface area (Å²) < 4.78 is 0. The minimum atomic E-state index is -1.33. The Morgan fingerprint density at radius 1 is 0.545 bits per heavy atom. The molecule has 0 bridgehead atoms. The Balaban J connectivity index is 1.54. The van der Waals surface area contributed by atoms with Crippen molar-refractivity contribution in [1.82, 2.24) is 9.97 Å². The van der Waals surface area contributed by atoms with Gasteiger partial charge in [-0.25, -0.2) is 0 Å². The third-order valence-electron chi connectivity index (χ3n) is 5.86. The molecule has 4 rings (SSSR count). The van der Waals surface area contributed by atoms with E-state index in [2.05, 4.69) is 124 Å². The molecule has 0 saturated carbocycles. The molecule has 33 heavy (non-hydrogen) atoms. The number of pyridine rings is 2. The first-order valence-electron chi connectivity index (χ1n) is 11.5. The number of nitrogens with zero attached hydrogens (tertiary/aromatic N) is 2. The quantitative estimate of drug-likeness (QED) is 0.378. The van der Waals surface area contributed by atoms with Crippen molar-refractivity contribution in [1.29, 1.82) is 0 Å². The van der Waals surface area contributed by atoms with Crippen LogP contribution in [0.15, 0.2) is 85.2 Å². The fourth-order valence-electron chi connectivity index (χ4n) is 3.70. The molecule has 166 valence electrons. The summed E-state index contributed by atoms with van der Waals surface area (Å²) in [5.74, 6) is 0. The zero-order chi connectivity index (χ0) is 23.6. The third-order valence-corrected chi connectivity index (χ3v) is 11.1. The van der Waals surface area contributed by atoms with E-state index in [4.69, 9.17) is 9.97 Å². The van der Waals surface area contributed by atoms with Crippen LogP contribution >= 0.6 is 0 Å². The van der Waals surface area contributed by atoms with Crippen molar-refractivity contribution in [2.24, 2.45) is 0 Å². The molecule has 0 spiro atoms. The second kappa shape index (κ2) is 9.33. The lowest BCUT2D eigenvalue weighted by molar-refractivity contribution is 1.34. The number of hydrogen-bond acceptors (Lipinski definition) is 2. The van der Waals surface area contributed by atoms with Gasteiger partial charge in [-0.1, -0.05) is 110 Å². The maximum Gasteiger partial charge on any atom is 0.121 e. The Morgan fingerprint density at radius 3 is 1.30 bits per heavy atom. The van der Waals surface area contributed by atoms with Gasteiger partial charge >= 0.3 is 0 Å². The van der Waals surface area contributed by atoms with Crippen molar-refractivity contribution in [3.05, 3.63) is 85.2 Å². The highest BCUT2D eigenvalue weighted by Crippen LogP contribution is 2.16. The van der Waals surface area contributed by atoms with Crippen LogP contribution in [0.3, 0.4) is 0 Å². The van der Waals surface area contributed by atoms with Gasteiger partial charge in [0.25, 0.3) is 0 Å². The second-order valence-corrected chi connectivity index (χ2v) is 22.2. The summed E-state index contributed by atoms with van der Waals surface area (Å²) in [4.78, 5) is 9.55. The van der Waals surface area contributed by atoms with Crippen LogP contribution in [0, 0.1) is 0 Å². The van der Waals surface area contributed by atoms with Gasteiger partial charge in [0.2, 0.25) is 0 Å². The van der Waals surface area contributed by atoms with Crippen molar-refractivity contribution >= 4 is 46.4 Å². The molecule has 2 radical (unpaired) electrons. The molecule has 0 N–H and O–H groups in total. The minimum absolute atomic E-state index is 0.595. The van der Waals surface area contributed by atoms with E-state index in [1.807, 2.05) is 0 Å². The molecule has 0 fully saturated rings. The predicted octanol–water partition coefficient (Wildman–Crippen LogP) is 4.56. The fourth-order valence-corrected chi connectivity index (χ4v) is 6.91. The zero-order valence-corrected chi connectivity index (χ0v) is 23.5. The lowest BCUT2D eigenvalue weighted by atomic mass is 10.1. The van der Waals surface area contributed by atoms with Crippen molar-refractivity contribution < 1.29 is 0 Å². The van der Waals surface area contributed by atoms with Gasteiger partial charge < -0.3 is 0 Å². The summed E-state index contributed by atoms with van der Waals surface area (Å²) >= 11 is 0. The van der Waals surface area contributed by atoms with Crippen molar-refractivity contribution in [2.75, 3.05) is 0 Å². The Bertz CT molecular complexity index is 1140. The van der Waals surface area contributed by atoms with Crippen LogP contribution in [0.5, 0.6) is 0 Å². The van der Waals surface area contributed by atoms with E-state index in [0.717, 1.165) is 11.4 Å². The zero-order valence-electron chi connectivity index (χ0n) is 20.5. The van der Waals surface area contributed by atoms with Crippen LogP contribution < -0.4 is 20.7 Å². The van der Waals surface area contributed by atoms with Crippen LogP contribution in [0.4, 0.5) is 0 Å². The summed E-state index contributed by atoms with van der Waals surface area (Å²) in [6, 6.07) is 26.5. The summed E-state index contributed by atoms with van der Waals surface area (Å²) in [7, 11) is -2.06. The Hall–Kier alpha value is -2.61. The van der Waals surface area contributed by atoms with E-state index in [1.165, 1.54) is 31.9 Å². The van der Waals surface area contributed by atoms with Gasteiger partial charge in [0.1, 0.15) is 9.52 Å². The van der Waals surface area contributed by atoms with Gasteiger partial charge in [-0.2, -0.15) is 0 Å². The highest BCUT2D eigenvalue weighted by Gasteiger charge is 2.17. The molecule has 5 heteroatoms. The Labute approximate surface area is 203 Å². The minimum Gasteiger partial charge on any atom is -0.256 e. The maximum absolute atomic E-state index is 4.77. The van der Waals surface area contributed by atoms with E-state index < -0.39 is 16.1 Å². The van der Waals surface area contributed by atoms with E-state index in [1.54, 1.807) is 0 Å². The summed E-state index contributed by atoms with van der Waals surface area (Å²) in [5.41, 5.74) is 4.46. The molecule has 4 aromatic rings. The molecule has 0 aliphatic rings. The lowest BCUT2D eigenvalue weighted by Gasteiger charge is -2.16. The predicted molar refractivity (Wildman–Crippen MR) is 150 cm³/mol. The summed E-state index contributed by atoms with van der Waals surface area (Å²) in [6.07, 6.45) is 4.14. The average Bonchev–Trinajstić information content (AvgIpc) is 2.78. The van der Waals surface area contributed by atoms with Crippen molar-refractivity contribution in [3.63, 3.8) is 0 Å². The highest BCUT2D eigenvalue weighted by molar-refractivity contribution is 6.89. The lowest BCUT2D eigenvalue weighted by Crippen LogP contribution is -2.37. The number of benzene rings is 2. The highest BCUT2D eigenvalue weighted by atomic mass is 28.3. The average molecular weight is 481 g/mol. The molecular weight excluding hydrogens is 449 g/mol. The maximum atomic E-state index is 4.77. The van der Waals surface area contributed by atoms with Gasteiger partial charge in [-0.3, -0.25) is 9.97 Å². The van der Waals surface area contributed by atoms with Gasteiger partial charge in [0, 0.05) is 12.4 Å². The number of aromatic nitrogens is 2. The van der Waals surface area contributed by atoms with Gasteiger partial charge in [0.15, 0.2) is 0 Å². The SMILES string of the molecule is C[Si](C)(C)c1ccc(-c2cccc([Si]c3cccc(-c4ccc([Si](C)(C)C)cn4)c3)c2)nc1.